The fraction of sp³-hybridized carbons (Fsp3) is 0. The van der Waals surface area contributed by atoms with Gasteiger partial charge in [0.1, 0.15) is 0 Å². The molecule has 0 N–H and O–H groups in total. The summed E-state index contributed by atoms with van der Waals surface area (Å²) in [5.41, 5.74) is 0. The van der Waals surface area contributed by atoms with Gasteiger partial charge in [0.2, 0.25) is 0 Å². The fourth-order valence-corrected chi connectivity index (χ4v) is 4.58. The molecule has 102 valence electrons. The van der Waals surface area contributed by atoms with E-state index < -0.39 is 0 Å². The lowest BCUT2D eigenvalue weighted by Gasteiger charge is -1.75. The molecule has 4 heterocycles. The Labute approximate surface area is 134 Å². The molecular formula is C18H12S3. The summed E-state index contributed by atoms with van der Waals surface area (Å²) in [5.74, 6) is 0. The minimum absolute atomic E-state index is 1.29. The lowest BCUT2D eigenvalue weighted by molar-refractivity contribution is 1.97. The van der Waals surface area contributed by atoms with E-state index in [0.717, 1.165) is 0 Å². The zero-order valence-electron chi connectivity index (χ0n) is 11.2. The smallest absolute Gasteiger partial charge is 0.0277 e. The highest BCUT2D eigenvalue weighted by Crippen LogP contribution is 2.23. The Morgan fingerprint density at radius 2 is 0.429 bits per heavy atom. The van der Waals surface area contributed by atoms with E-state index in [-0.39, 0.29) is 0 Å². The summed E-state index contributed by atoms with van der Waals surface area (Å²) >= 11 is 5.46. The second-order valence-electron chi connectivity index (χ2n) is 4.72. The van der Waals surface area contributed by atoms with Crippen LogP contribution in [0.25, 0.3) is 28.2 Å². The zero-order chi connectivity index (χ0) is 14.1. The highest BCUT2D eigenvalue weighted by molar-refractivity contribution is 7.24. The largest absolute Gasteiger partial charge is 0.137 e. The Hall–Kier alpha value is -1.68. The maximum Gasteiger partial charge on any atom is 0.0277 e. The van der Waals surface area contributed by atoms with Gasteiger partial charge in [-0.1, -0.05) is 0 Å². The van der Waals surface area contributed by atoms with E-state index in [1.54, 1.807) is 0 Å². The summed E-state index contributed by atoms with van der Waals surface area (Å²) in [6.07, 6.45) is 0. The van der Waals surface area contributed by atoms with Gasteiger partial charge in [0.25, 0.3) is 0 Å². The molecule has 0 aliphatic rings. The SMILES string of the molecule is c1cc2ccc3ccc(ccc4ccc(ccc1s2)s4)s3. The summed E-state index contributed by atoms with van der Waals surface area (Å²) in [6, 6.07) is 26.3. The van der Waals surface area contributed by atoms with Crippen LogP contribution >= 0.6 is 34.0 Å². The average Bonchev–Trinajstić information content (AvgIpc) is 3.21. The van der Waals surface area contributed by atoms with Crippen LogP contribution in [0.4, 0.5) is 0 Å². The van der Waals surface area contributed by atoms with Crippen molar-refractivity contribution in [3.8, 4) is 0 Å². The van der Waals surface area contributed by atoms with Crippen molar-refractivity contribution < 1.29 is 0 Å². The van der Waals surface area contributed by atoms with Crippen molar-refractivity contribution in [1.82, 2.24) is 0 Å². The van der Waals surface area contributed by atoms with Gasteiger partial charge >= 0.3 is 0 Å². The first-order valence-corrected chi connectivity index (χ1v) is 9.14. The molecule has 6 bridgehead atoms. The third-order valence-corrected chi connectivity index (χ3v) is 6.23. The molecule has 21 heavy (non-hydrogen) atoms. The molecule has 0 spiro atoms. The highest BCUT2D eigenvalue weighted by atomic mass is 32.1. The van der Waals surface area contributed by atoms with Crippen LogP contribution in [-0.2, 0) is 0 Å². The number of thiophene rings is 3. The van der Waals surface area contributed by atoms with Gasteiger partial charge in [-0.25, -0.2) is 0 Å². The van der Waals surface area contributed by atoms with Gasteiger partial charge in [-0.05, 0) is 72.8 Å². The van der Waals surface area contributed by atoms with Crippen molar-refractivity contribution >= 4 is 62.2 Å². The molecule has 0 atom stereocenters. The molecule has 0 amide bonds. The number of fused-ring (bicyclic) bond motifs is 6. The Morgan fingerprint density at radius 1 is 0.286 bits per heavy atom. The molecule has 3 heteroatoms. The van der Waals surface area contributed by atoms with Gasteiger partial charge in [-0.2, -0.15) is 0 Å². The summed E-state index contributed by atoms with van der Waals surface area (Å²) in [7, 11) is 0. The van der Waals surface area contributed by atoms with Crippen LogP contribution in [0, 0.1) is 0 Å². The van der Waals surface area contributed by atoms with Crippen LogP contribution in [0.1, 0.15) is 0 Å². The first-order valence-electron chi connectivity index (χ1n) is 6.69. The third-order valence-electron chi connectivity index (χ3n) is 3.18. The third kappa shape index (κ3) is 3.00. The summed E-state index contributed by atoms with van der Waals surface area (Å²) in [4.78, 5) is 0. The number of hydrogen-bond donors (Lipinski definition) is 0. The van der Waals surface area contributed by atoms with Crippen molar-refractivity contribution in [3.63, 3.8) is 0 Å². The van der Waals surface area contributed by atoms with Crippen molar-refractivity contribution in [3.05, 3.63) is 72.8 Å². The van der Waals surface area contributed by atoms with Gasteiger partial charge in [0.05, 0.1) is 0 Å². The maximum absolute atomic E-state index is 2.20. The molecule has 0 nitrogen and oxygen atoms in total. The Kier molecular flexibility index (Phi) is 3.47. The van der Waals surface area contributed by atoms with Crippen LogP contribution in [0.2, 0.25) is 0 Å². The normalized spacial score (nSPS) is 10.9. The van der Waals surface area contributed by atoms with Gasteiger partial charge in [-0.3, -0.25) is 0 Å². The molecule has 4 rings (SSSR count). The van der Waals surface area contributed by atoms with Crippen molar-refractivity contribution in [2.75, 3.05) is 0 Å². The van der Waals surface area contributed by atoms with Gasteiger partial charge in [0, 0.05) is 28.2 Å². The second-order valence-corrected chi connectivity index (χ2v) is 8.16. The molecular weight excluding hydrogens is 312 g/mol. The van der Waals surface area contributed by atoms with Crippen molar-refractivity contribution in [2.24, 2.45) is 0 Å². The highest BCUT2D eigenvalue weighted by Gasteiger charge is 1.90. The molecule has 0 saturated heterocycles. The molecule has 4 aromatic heterocycles. The topological polar surface area (TPSA) is 0 Å². The van der Waals surface area contributed by atoms with Gasteiger partial charge < -0.3 is 0 Å². The van der Waals surface area contributed by atoms with Crippen LogP contribution in [-0.4, -0.2) is 0 Å². The van der Waals surface area contributed by atoms with Crippen molar-refractivity contribution in [1.29, 1.82) is 0 Å². The van der Waals surface area contributed by atoms with Crippen LogP contribution in [0.5, 0.6) is 0 Å². The van der Waals surface area contributed by atoms with Gasteiger partial charge in [0.15, 0.2) is 0 Å². The van der Waals surface area contributed by atoms with Crippen LogP contribution < -0.4 is 0 Å². The van der Waals surface area contributed by atoms with Crippen LogP contribution in [0.3, 0.4) is 0 Å². The van der Waals surface area contributed by atoms with E-state index in [1.165, 1.54) is 28.2 Å². The van der Waals surface area contributed by atoms with Crippen LogP contribution in [0.15, 0.2) is 72.8 Å². The maximum atomic E-state index is 2.20. The van der Waals surface area contributed by atoms with E-state index in [0.29, 0.717) is 0 Å². The van der Waals surface area contributed by atoms with E-state index in [2.05, 4.69) is 72.8 Å². The van der Waals surface area contributed by atoms with E-state index in [9.17, 15) is 0 Å². The van der Waals surface area contributed by atoms with Gasteiger partial charge in [-0.15, -0.1) is 34.0 Å². The molecule has 0 unspecified atom stereocenters. The predicted octanol–water partition coefficient (Wildman–Crippen LogP) is 7.02. The number of hydrogen-bond acceptors (Lipinski definition) is 3. The quantitative estimate of drug-likeness (QED) is 0.326. The predicted molar refractivity (Wildman–Crippen MR) is 99.0 cm³/mol. The van der Waals surface area contributed by atoms with Crippen molar-refractivity contribution in [2.45, 2.75) is 0 Å². The second kappa shape index (κ2) is 5.60. The lowest BCUT2D eigenvalue weighted by Crippen LogP contribution is -1.45. The van der Waals surface area contributed by atoms with E-state index >= 15 is 0 Å². The Bertz CT molecular complexity index is 794. The van der Waals surface area contributed by atoms with E-state index in [1.807, 2.05) is 34.0 Å². The molecule has 0 radical (unpaired) electrons. The Morgan fingerprint density at radius 3 is 0.571 bits per heavy atom. The zero-order valence-corrected chi connectivity index (χ0v) is 13.6. The van der Waals surface area contributed by atoms with E-state index in [4.69, 9.17) is 0 Å². The molecule has 0 aliphatic carbocycles. The molecule has 0 saturated carbocycles. The summed E-state index contributed by atoms with van der Waals surface area (Å²) < 4.78 is 7.76. The molecule has 4 aromatic rings. The number of rotatable bonds is 0. The fourth-order valence-electron chi connectivity index (χ4n) is 2.14. The molecule has 0 fully saturated rings. The Balaban J connectivity index is 2.06. The average molecular weight is 324 g/mol. The lowest BCUT2D eigenvalue weighted by atomic mass is 10.4. The minimum atomic E-state index is 1.29. The molecule has 0 aromatic carbocycles. The first-order chi connectivity index (χ1) is 10.3. The summed E-state index contributed by atoms with van der Waals surface area (Å²) in [6.45, 7) is 0. The standard InChI is InChI=1S/C18H12S3/c1-2-14-9-10-16-5-6-18(21-16)12-11-17-4-3-15(20-17)8-7-13(1)19-14/h1-12H. The summed E-state index contributed by atoms with van der Waals surface area (Å²) in [5, 5.41) is 0. The molecule has 0 aliphatic heterocycles. The minimum Gasteiger partial charge on any atom is -0.137 e. The monoisotopic (exact) mass is 324 g/mol. The first kappa shape index (κ1) is 13.0.